The van der Waals surface area contributed by atoms with Gasteiger partial charge in [-0.2, -0.15) is 0 Å². The van der Waals surface area contributed by atoms with E-state index in [1.807, 2.05) is 42.7 Å². The van der Waals surface area contributed by atoms with Gasteiger partial charge in [-0.3, -0.25) is 4.98 Å². The van der Waals surface area contributed by atoms with Gasteiger partial charge in [0.2, 0.25) is 0 Å². The SMILES string of the molecule is CCOC(=O)c1c(COc2cccc(F)c2)n(C)c2cc(-c3cccnc3)c(O)c(CN(C)C)c12. The molecule has 0 saturated carbocycles. The van der Waals surface area contributed by atoms with Gasteiger partial charge in [-0.15, -0.1) is 0 Å². The third-order valence-corrected chi connectivity index (χ3v) is 5.78. The number of hydrogen-bond acceptors (Lipinski definition) is 6. The Balaban J connectivity index is 1.97. The molecule has 0 spiro atoms. The number of pyridine rings is 1. The quantitative estimate of drug-likeness (QED) is 0.364. The van der Waals surface area contributed by atoms with E-state index >= 15 is 0 Å². The van der Waals surface area contributed by atoms with Gasteiger partial charge in [0.05, 0.1) is 23.4 Å². The molecule has 2 aromatic heterocycles. The van der Waals surface area contributed by atoms with Crippen molar-refractivity contribution < 1.29 is 23.8 Å². The van der Waals surface area contributed by atoms with Gasteiger partial charge < -0.3 is 24.0 Å². The van der Waals surface area contributed by atoms with Gasteiger partial charge in [-0.05, 0) is 45.3 Å². The molecule has 0 aliphatic heterocycles. The summed E-state index contributed by atoms with van der Waals surface area (Å²) in [7, 11) is 5.62. The maximum absolute atomic E-state index is 13.7. The zero-order chi connectivity index (χ0) is 25.1. The number of phenols is 1. The molecule has 0 fully saturated rings. The highest BCUT2D eigenvalue weighted by Crippen LogP contribution is 2.41. The number of esters is 1. The summed E-state index contributed by atoms with van der Waals surface area (Å²) in [5.41, 5.74) is 3.58. The van der Waals surface area contributed by atoms with Crippen LogP contribution in [0.3, 0.4) is 0 Å². The van der Waals surface area contributed by atoms with Crippen LogP contribution in [-0.2, 0) is 24.9 Å². The van der Waals surface area contributed by atoms with Crippen molar-refractivity contribution in [2.45, 2.75) is 20.1 Å². The minimum Gasteiger partial charge on any atom is -0.507 e. The molecule has 1 N–H and O–H groups in total. The number of benzene rings is 2. The second-order valence-corrected chi connectivity index (χ2v) is 8.47. The third kappa shape index (κ3) is 4.83. The molecule has 2 aromatic carbocycles. The molecule has 182 valence electrons. The first-order valence-corrected chi connectivity index (χ1v) is 11.3. The van der Waals surface area contributed by atoms with E-state index in [9.17, 15) is 14.3 Å². The Morgan fingerprint density at radius 2 is 2.00 bits per heavy atom. The van der Waals surface area contributed by atoms with E-state index in [0.29, 0.717) is 40.1 Å². The standard InChI is InChI=1S/C27H28FN3O4/c1-5-34-27(33)25-23(16-35-19-10-6-9-18(28)12-19)31(4)22-13-20(17-8-7-11-29-14-17)26(32)21(24(22)25)15-30(2)3/h6-14,32H,5,15-16H2,1-4H3. The highest BCUT2D eigenvalue weighted by molar-refractivity contribution is 6.09. The molecular formula is C27H28FN3O4. The Labute approximate surface area is 203 Å². The zero-order valence-electron chi connectivity index (χ0n) is 20.2. The number of ether oxygens (including phenoxy) is 2. The molecule has 2 heterocycles. The van der Waals surface area contributed by atoms with Crippen molar-refractivity contribution in [3.05, 3.63) is 77.5 Å². The lowest BCUT2D eigenvalue weighted by molar-refractivity contribution is 0.0525. The Bertz CT molecular complexity index is 1370. The number of carbonyl (C=O) groups is 1. The number of nitrogens with zero attached hydrogens (tertiary/aromatic N) is 3. The lowest BCUT2D eigenvalue weighted by atomic mass is 9.96. The topological polar surface area (TPSA) is 76.8 Å². The summed E-state index contributed by atoms with van der Waals surface area (Å²) >= 11 is 0. The Morgan fingerprint density at radius 1 is 1.20 bits per heavy atom. The number of phenolic OH excluding ortho intramolecular Hbond substituents is 1. The van der Waals surface area contributed by atoms with Gasteiger partial charge in [0.1, 0.15) is 23.9 Å². The lowest BCUT2D eigenvalue weighted by Gasteiger charge is -2.17. The summed E-state index contributed by atoms with van der Waals surface area (Å²) in [6, 6.07) is 11.4. The summed E-state index contributed by atoms with van der Waals surface area (Å²) in [5, 5.41) is 12.0. The van der Waals surface area contributed by atoms with Crippen LogP contribution >= 0.6 is 0 Å². The number of hydrogen-bond donors (Lipinski definition) is 1. The highest BCUT2D eigenvalue weighted by atomic mass is 19.1. The molecule has 0 aliphatic rings. The summed E-state index contributed by atoms with van der Waals surface area (Å²) in [6.45, 7) is 2.33. The molecule has 0 atom stereocenters. The lowest BCUT2D eigenvalue weighted by Crippen LogP contribution is -2.13. The predicted molar refractivity (Wildman–Crippen MR) is 132 cm³/mol. The molecule has 4 rings (SSSR count). The zero-order valence-corrected chi connectivity index (χ0v) is 20.2. The van der Waals surface area contributed by atoms with E-state index in [4.69, 9.17) is 9.47 Å². The first-order valence-electron chi connectivity index (χ1n) is 11.3. The molecule has 35 heavy (non-hydrogen) atoms. The van der Waals surface area contributed by atoms with E-state index in [0.717, 1.165) is 11.1 Å². The van der Waals surface area contributed by atoms with Crippen LogP contribution in [0.25, 0.3) is 22.0 Å². The number of aromatic nitrogens is 2. The van der Waals surface area contributed by atoms with Gasteiger partial charge in [0.15, 0.2) is 0 Å². The number of carbonyl (C=O) groups excluding carboxylic acids is 1. The average Bonchev–Trinajstić information content (AvgIpc) is 3.11. The Hall–Kier alpha value is -3.91. The van der Waals surface area contributed by atoms with E-state index in [1.165, 1.54) is 12.1 Å². The maximum atomic E-state index is 13.7. The molecule has 7 nitrogen and oxygen atoms in total. The van der Waals surface area contributed by atoms with Gasteiger partial charge >= 0.3 is 5.97 Å². The molecule has 0 bridgehead atoms. The number of aromatic hydroxyl groups is 1. The van der Waals surface area contributed by atoms with E-state index in [1.54, 1.807) is 37.5 Å². The predicted octanol–water partition coefficient (Wildman–Crippen LogP) is 4.90. The normalized spacial score (nSPS) is 11.3. The van der Waals surface area contributed by atoms with Crippen LogP contribution in [0.4, 0.5) is 4.39 Å². The van der Waals surface area contributed by atoms with E-state index < -0.39 is 11.8 Å². The molecule has 8 heteroatoms. The number of halogens is 1. The van der Waals surface area contributed by atoms with Crippen LogP contribution in [0.2, 0.25) is 0 Å². The first kappa shape index (κ1) is 24.2. The van der Waals surface area contributed by atoms with Crippen LogP contribution in [-0.4, -0.2) is 46.2 Å². The molecule has 4 aromatic rings. The molecule has 0 radical (unpaired) electrons. The molecule has 0 unspecified atom stereocenters. The van der Waals surface area contributed by atoms with Crippen LogP contribution in [0, 0.1) is 5.82 Å². The van der Waals surface area contributed by atoms with Crippen molar-refractivity contribution in [3.63, 3.8) is 0 Å². The first-order chi connectivity index (χ1) is 16.8. The number of rotatable bonds is 8. The Kier molecular flexibility index (Phi) is 7.02. The van der Waals surface area contributed by atoms with E-state index in [2.05, 4.69) is 4.98 Å². The smallest absolute Gasteiger partial charge is 0.340 e. The van der Waals surface area contributed by atoms with Crippen LogP contribution in [0.1, 0.15) is 28.5 Å². The van der Waals surface area contributed by atoms with Crippen molar-refractivity contribution in [1.29, 1.82) is 0 Å². The fourth-order valence-corrected chi connectivity index (χ4v) is 4.23. The van der Waals surface area contributed by atoms with Crippen molar-refractivity contribution in [2.75, 3.05) is 20.7 Å². The van der Waals surface area contributed by atoms with Crippen molar-refractivity contribution in [3.8, 4) is 22.6 Å². The molecule has 0 aliphatic carbocycles. The van der Waals surface area contributed by atoms with E-state index in [-0.39, 0.29) is 19.0 Å². The summed E-state index contributed by atoms with van der Waals surface area (Å²) in [5.74, 6) is -0.501. The van der Waals surface area contributed by atoms with Crippen molar-refractivity contribution in [1.82, 2.24) is 14.5 Å². The fourth-order valence-electron chi connectivity index (χ4n) is 4.23. The maximum Gasteiger partial charge on any atom is 0.340 e. The van der Waals surface area contributed by atoms with Gasteiger partial charge in [0.25, 0.3) is 0 Å². The fraction of sp³-hybridized carbons (Fsp3) is 0.259. The number of aryl methyl sites for hydroxylation is 1. The van der Waals surface area contributed by atoms with Gasteiger partial charge in [-0.25, -0.2) is 9.18 Å². The van der Waals surface area contributed by atoms with Crippen molar-refractivity contribution >= 4 is 16.9 Å². The second kappa shape index (κ2) is 10.1. The van der Waals surface area contributed by atoms with Crippen LogP contribution in [0.5, 0.6) is 11.5 Å². The second-order valence-electron chi connectivity index (χ2n) is 8.47. The van der Waals surface area contributed by atoms with Gasteiger partial charge in [-0.1, -0.05) is 12.1 Å². The summed E-state index contributed by atoms with van der Waals surface area (Å²) < 4.78 is 26.8. The summed E-state index contributed by atoms with van der Waals surface area (Å²) in [4.78, 5) is 19.3. The third-order valence-electron chi connectivity index (χ3n) is 5.78. The summed E-state index contributed by atoms with van der Waals surface area (Å²) in [6.07, 6.45) is 3.35. The number of fused-ring (bicyclic) bond motifs is 1. The minimum atomic E-state index is -0.510. The van der Waals surface area contributed by atoms with Crippen LogP contribution in [0.15, 0.2) is 54.9 Å². The average molecular weight is 478 g/mol. The monoisotopic (exact) mass is 477 g/mol. The van der Waals surface area contributed by atoms with Crippen molar-refractivity contribution in [2.24, 2.45) is 7.05 Å². The molecular weight excluding hydrogens is 449 g/mol. The van der Waals surface area contributed by atoms with Crippen LogP contribution < -0.4 is 4.74 Å². The minimum absolute atomic E-state index is 0.00712. The largest absolute Gasteiger partial charge is 0.507 e. The Morgan fingerprint density at radius 3 is 2.66 bits per heavy atom. The highest BCUT2D eigenvalue weighted by Gasteiger charge is 2.28. The molecule has 0 saturated heterocycles. The van der Waals surface area contributed by atoms with Gasteiger partial charge in [0, 0.05) is 54.1 Å². The molecule has 0 amide bonds.